The largest absolute Gasteiger partial charge is 0.464 e. The fourth-order valence-electron chi connectivity index (χ4n) is 7.53. The number of nitrogens with one attached hydrogen (secondary N) is 2. The van der Waals surface area contributed by atoms with Crippen LogP contribution in [0.15, 0.2) is 70.5 Å². The number of hydrogen-bond acceptors (Lipinski definition) is 10. The van der Waals surface area contributed by atoms with Crippen LogP contribution in [0.2, 0.25) is 0 Å². The number of aromatic nitrogens is 5. The highest BCUT2D eigenvalue weighted by Gasteiger charge is 2.30. The lowest BCUT2D eigenvalue weighted by Crippen LogP contribution is -2.39. The van der Waals surface area contributed by atoms with E-state index in [2.05, 4.69) is 37.4 Å². The number of aryl methyl sites for hydroxylation is 3. The predicted molar refractivity (Wildman–Crippen MR) is 210 cm³/mol. The molecule has 2 fully saturated rings. The van der Waals surface area contributed by atoms with Crippen molar-refractivity contribution in [3.05, 3.63) is 99.7 Å². The Hall–Kier alpha value is -6.59. The second-order valence-electron chi connectivity index (χ2n) is 14.1. The van der Waals surface area contributed by atoms with Crippen LogP contribution in [0.25, 0.3) is 33.4 Å². The Kier molecular flexibility index (Phi) is 8.74. The predicted octanol–water partition coefficient (Wildman–Crippen LogP) is 4.75. The molecule has 0 spiro atoms. The fraction of sp³-hybridized carbons (Fsp3) is 0.310. The standard InChI is InChI=1S/C42H40N8O6/c1-24-16-27(20-44-37(24)41(53)43-13-5-6-25-7-9-35-32(17-25)33(23-56-35)30-8-10-36(51)47-40(30)52)39-45-21-29(22-46-39)48(2)28-18-31(26-11-14-55-15-12-26)38-34(19-28)49(3)42(54)50(38)4/h7,9,16-23,26,30H,8,10-15H2,1-4H3,(H,43,53)(H,47,51,52)/i2D3. The van der Waals surface area contributed by atoms with E-state index in [1.165, 1.54) is 28.1 Å². The van der Waals surface area contributed by atoms with Crippen LogP contribution >= 0.6 is 0 Å². The molecule has 1 unspecified atom stereocenters. The maximum absolute atomic E-state index is 13.1. The molecule has 6 aromatic rings. The summed E-state index contributed by atoms with van der Waals surface area (Å²) in [5, 5.41) is 5.89. The Morgan fingerprint density at radius 2 is 1.80 bits per heavy atom. The van der Waals surface area contributed by atoms with Gasteiger partial charge in [-0.2, -0.15) is 0 Å². The maximum atomic E-state index is 13.1. The highest BCUT2D eigenvalue weighted by atomic mass is 16.5. The molecule has 2 aliphatic rings. The summed E-state index contributed by atoms with van der Waals surface area (Å²) in [5.41, 5.74) is 5.94. The summed E-state index contributed by atoms with van der Waals surface area (Å²) < 4.78 is 39.9. The van der Waals surface area contributed by atoms with Crippen LogP contribution in [0.1, 0.15) is 74.4 Å². The number of carbonyl (C=O) groups is 3. The number of carbonyl (C=O) groups excluding carboxylic acids is 3. The number of amides is 3. The monoisotopic (exact) mass is 755 g/mol. The van der Waals surface area contributed by atoms with E-state index in [-0.39, 0.29) is 53.6 Å². The molecule has 3 amide bonds. The van der Waals surface area contributed by atoms with Crippen LogP contribution in [0.3, 0.4) is 0 Å². The minimum absolute atomic E-state index is 0.0414. The van der Waals surface area contributed by atoms with Gasteiger partial charge >= 0.3 is 5.69 Å². The summed E-state index contributed by atoms with van der Waals surface area (Å²) in [6.07, 6.45) is 8.04. The quantitative estimate of drug-likeness (QED) is 0.172. The molecule has 8 rings (SSSR count). The Labute approximate surface area is 326 Å². The number of furan rings is 1. The third-order valence-electron chi connectivity index (χ3n) is 10.5. The Bertz CT molecular complexity index is 2770. The molecule has 2 N–H and O–H groups in total. The zero-order chi connectivity index (χ0) is 41.6. The van der Waals surface area contributed by atoms with E-state index in [9.17, 15) is 19.2 Å². The molecule has 6 heterocycles. The van der Waals surface area contributed by atoms with E-state index in [1.807, 2.05) is 12.1 Å². The summed E-state index contributed by atoms with van der Waals surface area (Å²) in [6, 6.07) is 10.7. The van der Waals surface area contributed by atoms with Gasteiger partial charge in [0.1, 0.15) is 11.3 Å². The third kappa shape index (κ3) is 6.81. The van der Waals surface area contributed by atoms with Gasteiger partial charge in [0.25, 0.3) is 5.91 Å². The molecule has 0 bridgehead atoms. The number of ether oxygens (including phenoxy) is 1. The first-order valence-electron chi connectivity index (χ1n) is 19.8. The molecule has 4 aromatic heterocycles. The topological polar surface area (TPSA) is 166 Å². The van der Waals surface area contributed by atoms with E-state index >= 15 is 0 Å². The van der Waals surface area contributed by atoms with Crippen LogP contribution in [0, 0.1) is 18.8 Å². The Morgan fingerprint density at radius 1 is 1.00 bits per heavy atom. The van der Waals surface area contributed by atoms with Crippen LogP contribution < -0.4 is 21.2 Å². The van der Waals surface area contributed by atoms with Gasteiger partial charge in [-0.25, -0.2) is 14.8 Å². The minimum Gasteiger partial charge on any atom is -0.464 e. The van der Waals surface area contributed by atoms with E-state index in [4.69, 9.17) is 13.3 Å². The molecular weight excluding hydrogens is 713 g/mol. The van der Waals surface area contributed by atoms with Gasteiger partial charge in [-0.3, -0.25) is 33.8 Å². The number of fused-ring (bicyclic) bond motifs is 2. The van der Waals surface area contributed by atoms with Gasteiger partial charge < -0.3 is 19.4 Å². The minimum atomic E-state index is -2.62. The van der Waals surface area contributed by atoms with Crippen molar-refractivity contribution in [2.45, 2.75) is 44.4 Å². The highest BCUT2D eigenvalue weighted by molar-refractivity contribution is 6.03. The highest BCUT2D eigenvalue weighted by Crippen LogP contribution is 2.37. The summed E-state index contributed by atoms with van der Waals surface area (Å²) in [4.78, 5) is 64.8. The maximum Gasteiger partial charge on any atom is 0.328 e. The van der Waals surface area contributed by atoms with Crippen molar-refractivity contribution >= 4 is 51.1 Å². The SMILES string of the molecule is [2H]C([2H])([2H])N(c1cnc(-c2cnc(C(=O)NCC#Cc3ccc4occ(C5CCC(=O)NC5=O)c4c3)c(C)c2)nc1)c1cc(C2CCOCC2)c2c(c1)n(C)c(=O)n2C. The third-order valence-corrected chi connectivity index (χ3v) is 10.5. The van der Waals surface area contributed by atoms with E-state index in [0.717, 1.165) is 29.3 Å². The normalized spacial score (nSPS) is 17.1. The van der Waals surface area contributed by atoms with Crippen molar-refractivity contribution in [3.63, 3.8) is 0 Å². The van der Waals surface area contributed by atoms with Crippen LogP contribution in [0.4, 0.5) is 11.4 Å². The van der Waals surface area contributed by atoms with Crippen molar-refractivity contribution in [1.29, 1.82) is 0 Å². The van der Waals surface area contributed by atoms with E-state index in [0.29, 0.717) is 58.7 Å². The lowest BCUT2D eigenvalue weighted by molar-refractivity contribution is -0.134. The van der Waals surface area contributed by atoms with Gasteiger partial charge in [-0.1, -0.05) is 11.8 Å². The van der Waals surface area contributed by atoms with Crippen molar-refractivity contribution in [2.24, 2.45) is 14.1 Å². The molecule has 14 nitrogen and oxygen atoms in total. The van der Waals surface area contributed by atoms with Gasteiger partial charge in [0.05, 0.1) is 47.8 Å². The molecule has 284 valence electrons. The van der Waals surface area contributed by atoms with Gasteiger partial charge in [-0.05, 0) is 79.6 Å². The molecule has 2 aliphatic heterocycles. The molecule has 14 heteroatoms. The molecule has 0 radical (unpaired) electrons. The van der Waals surface area contributed by atoms with Crippen molar-refractivity contribution in [3.8, 4) is 23.2 Å². The van der Waals surface area contributed by atoms with Crippen molar-refractivity contribution in [1.82, 2.24) is 34.7 Å². The summed E-state index contributed by atoms with van der Waals surface area (Å²) in [5.74, 6) is 4.80. The smallest absolute Gasteiger partial charge is 0.328 e. The molecule has 2 aromatic carbocycles. The number of anilines is 2. The molecule has 2 saturated heterocycles. The lowest BCUT2D eigenvalue weighted by Gasteiger charge is -2.26. The summed E-state index contributed by atoms with van der Waals surface area (Å²) in [6.45, 7) is 0.318. The lowest BCUT2D eigenvalue weighted by atomic mass is 9.90. The number of piperidine rings is 1. The van der Waals surface area contributed by atoms with Gasteiger partial charge in [0.15, 0.2) is 5.82 Å². The van der Waals surface area contributed by atoms with Gasteiger partial charge in [0, 0.05) is 78.8 Å². The first kappa shape index (κ1) is 32.8. The van der Waals surface area contributed by atoms with E-state index < -0.39 is 18.8 Å². The molecular formula is C42H40N8O6. The van der Waals surface area contributed by atoms with Crippen LogP contribution in [0.5, 0.6) is 0 Å². The van der Waals surface area contributed by atoms with Crippen molar-refractivity contribution in [2.75, 3.05) is 31.6 Å². The van der Waals surface area contributed by atoms with Crippen molar-refractivity contribution < 1.29 is 27.6 Å². The number of rotatable bonds is 7. The van der Waals surface area contributed by atoms with Gasteiger partial charge in [0.2, 0.25) is 11.8 Å². The number of pyridine rings is 1. The van der Waals surface area contributed by atoms with E-state index in [1.54, 1.807) is 56.1 Å². The number of nitrogens with zero attached hydrogens (tertiary/aromatic N) is 6. The first-order valence-corrected chi connectivity index (χ1v) is 18.3. The number of hydrogen-bond donors (Lipinski definition) is 2. The Morgan fingerprint density at radius 3 is 2.55 bits per heavy atom. The zero-order valence-electron chi connectivity index (χ0n) is 34.0. The average Bonchev–Trinajstić information content (AvgIpc) is 3.73. The molecule has 0 aliphatic carbocycles. The van der Waals surface area contributed by atoms with Crippen LogP contribution in [-0.4, -0.2) is 68.5 Å². The first-order chi connectivity index (χ1) is 28.3. The number of imide groups is 1. The number of benzene rings is 2. The molecule has 1 atom stereocenters. The summed E-state index contributed by atoms with van der Waals surface area (Å²) in [7, 11) is 3.40. The second-order valence-corrected chi connectivity index (χ2v) is 14.1. The zero-order valence-corrected chi connectivity index (χ0v) is 31.0. The molecule has 0 saturated carbocycles. The second kappa shape index (κ2) is 14.9. The van der Waals surface area contributed by atoms with Crippen LogP contribution in [-0.2, 0) is 28.4 Å². The number of imidazole rings is 1. The van der Waals surface area contributed by atoms with Gasteiger partial charge in [-0.15, -0.1) is 0 Å². The fourth-order valence-corrected chi connectivity index (χ4v) is 7.53. The Balaban J connectivity index is 0.977. The average molecular weight is 756 g/mol. The molecule has 56 heavy (non-hydrogen) atoms. The summed E-state index contributed by atoms with van der Waals surface area (Å²) >= 11 is 0.